The van der Waals surface area contributed by atoms with Gasteiger partial charge in [0.2, 0.25) is 0 Å². The van der Waals surface area contributed by atoms with E-state index in [9.17, 15) is 0 Å². The molecule has 1 aromatic rings. The van der Waals surface area contributed by atoms with Crippen LogP contribution in [0.2, 0.25) is 0 Å². The molecule has 0 aliphatic heterocycles. The number of nitrogens with zero attached hydrogens (tertiary/aromatic N) is 2. The number of anilines is 1. The van der Waals surface area contributed by atoms with Crippen LogP contribution in [0.3, 0.4) is 0 Å². The van der Waals surface area contributed by atoms with Gasteiger partial charge in [0.15, 0.2) is 0 Å². The quantitative estimate of drug-likeness (QED) is 0.765. The second kappa shape index (κ2) is 4.26. The van der Waals surface area contributed by atoms with Crippen molar-refractivity contribution in [2.75, 3.05) is 12.0 Å². The summed E-state index contributed by atoms with van der Waals surface area (Å²) in [6, 6.07) is 2.52. The second-order valence-electron chi connectivity index (χ2n) is 3.85. The average Bonchev–Trinajstić information content (AvgIpc) is 2.61. The van der Waals surface area contributed by atoms with Crippen molar-refractivity contribution in [3.8, 4) is 0 Å². The van der Waals surface area contributed by atoms with E-state index in [-0.39, 0.29) is 0 Å². The highest BCUT2D eigenvalue weighted by atomic mass is 32.2. The normalized spacial score (nSPS) is 18.6. The molecule has 0 saturated heterocycles. The van der Waals surface area contributed by atoms with Gasteiger partial charge < -0.3 is 5.73 Å². The molecule has 1 aliphatic rings. The van der Waals surface area contributed by atoms with E-state index in [2.05, 4.69) is 5.10 Å². The molecule has 4 heteroatoms. The number of hydrogen-bond donors (Lipinski definition) is 1. The predicted octanol–water partition coefficient (Wildman–Crippen LogP) is 2.69. The lowest BCUT2D eigenvalue weighted by molar-refractivity contribution is 0.330. The van der Waals surface area contributed by atoms with Crippen molar-refractivity contribution in [1.29, 1.82) is 0 Å². The van der Waals surface area contributed by atoms with Gasteiger partial charge in [0.05, 0.1) is 6.04 Å². The molecule has 0 unspecified atom stereocenters. The van der Waals surface area contributed by atoms with Crippen LogP contribution in [0.25, 0.3) is 0 Å². The van der Waals surface area contributed by atoms with Crippen LogP contribution < -0.4 is 5.73 Å². The van der Waals surface area contributed by atoms with E-state index < -0.39 is 0 Å². The Hall–Kier alpha value is -0.640. The lowest BCUT2D eigenvalue weighted by Crippen LogP contribution is -2.16. The molecule has 1 saturated carbocycles. The third-order valence-electron chi connectivity index (χ3n) is 2.87. The SMILES string of the molecule is CSc1cc(N)n(C2CCCCC2)n1. The molecular weight excluding hydrogens is 194 g/mol. The maximum absolute atomic E-state index is 5.93. The molecule has 2 rings (SSSR count). The fourth-order valence-corrected chi connectivity index (χ4v) is 2.51. The molecule has 0 amide bonds. The molecule has 1 fully saturated rings. The number of nitrogen functional groups attached to an aromatic ring is 1. The Kier molecular flexibility index (Phi) is 3.01. The van der Waals surface area contributed by atoms with Crippen LogP contribution in [0.4, 0.5) is 5.82 Å². The van der Waals surface area contributed by atoms with Crippen molar-refractivity contribution in [2.24, 2.45) is 0 Å². The summed E-state index contributed by atoms with van der Waals surface area (Å²) in [6.45, 7) is 0. The molecular formula is C10H17N3S. The van der Waals surface area contributed by atoms with Gasteiger partial charge in [0, 0.05) is 6.07 Å². The molecule has 0 aromatic carbocycles. The van der Waals surface area contributed by atoms with Crippen LogP contribution in [0.5, 0.6) is 0 Å². The summed E-state index contributed by atoms with van der Waals surface area (Å²) in [5.74, 6) is 0.821. The van der Waals surface area contributed by atoms with Gasteiger partial charge in [-0.15, -0.1) is 11.8 Å². The first-order chi connectivity index (χ1) is 6.81. The lowest BCUT2D eigenvalue weighted by Gasteiger charge is -2.22. The van der Waals surface area contributed by atoms with Crippen LogP contribution in [0.15, 0.2) is 11.1 Å². The highest BCUT2D eigenvalue weighted by Gasteiger charge is 2.18. The monoisotopic (exact) mass is 211 g/mol. The van der Waals surface area contributed by atoms with Gasteiger partial charge in [-0.05, 0) is 19.1 Å². The van der Waals surface area contributed by atoms with Crippen LogP contribution in [-0.4, -0.2) is 16.0 Å². The summed E-state index contributed by atoms with van der Waals surface area (Å²) < 4.78 is 2.02. The number of thioether (sulfide) groups is 1. The van der Waals surface area contributed by atoms with Crippen molar-refractivity contribution in [1.82, 2.24) is 9.78 Å². The van der Waals surface area contributed by atoms with Gasteiger partial charge in [0.25, 0.3) is 0 Å². The van der Waals surface area contributed by atoms with Crippen LogP contribution in [-0.2, 0) is 0 Å². The minimum Gasteiger partial charge on any atom is -0.384 e. The first-order valence-corrected chi connectivity index (χ1v) is 6.43. The number of aromatic nitrogens is 2. The van der Waals surface area contributed by atoms with E-state index >= 15 is 0 Å². The fourth-order valence-electron chi connectivity index (χ4n) is 2.10. The molecule has 0 bridgehead atoms. The summed E-state index contributed by atoms with van der Waals surface area (Å²) in [7, 11) is 0. The first-order valence-electron chi connectivity index (χ1n) is 5.20. The fraction of sp³-hybridized carbons (Fsp3) is 0.700. The minimum atomic E-state index is 0.546. The van der Waals surface area contributed by atoms with Gasteiger partial charge in [-0.25, -0.2) is 4.68 Å². The maximum atomic E-state index is 5.93. The topological polar surface area (TPSA) is 43.8 Å². The highest BCUT2D eigenvalue weighted by molar-refractivity contribution is 7.98. The van der Waals surface area contributed by atoms with Gasteiger partial charge in [-0.1, -0.05) is 19.3 Å². The maximum Gasteiger partial charge on any atom is 0.123 e. The number of hydrogen-bond acceptors (Lipinski definition) is 3. The van der Waals surface area contributed by atoms with E-state index in [1.54, 1.807) is 11.8 Å². The molecule has 0 radical (unpaired) electrons. The molecule has 14 heavy (non-hydrogen) atoms. The molecule has 2 N–H and O–H groups in total. The summed E-state index contributed by atoms with van der Waals surface area (Å²) in [5.41, 5.74) is 5.93. The van der Waals surface area contributed by atoms with E-state index in [1.165, 1.54) is 32.1 Å². The zero-order valence-electron chi connectivity index (χ0n) is 8.57. The molecule has 0 atom stereocenters. The molecule has 0 spiro atoms. The Morgan fingerprint density at radius 2 is 2.14 bits per heavy atom. The van der Waals surface area contributed by atoms with Gasteiger partial charge in [-0.2, -0.15) is 5.10 Å². The highest BCUT2D eigenvalue weighted by Crippen LogP contribution is 2.30. The van der Waals surface area contributed by atoms with Crippen molar-refractivity contribution < 1.29 is 0 Å². The molecule has 1 aliphatic carbocycles. The third kappa shape index (κ3) is 1.90. The van der Waals surface area contributed by atoms with Crippen LogP contribution in [0, 0.1) is 0 Å². The first kappa shape index (κ1) is 9.90. The third-order valence-corrected chi connectivity index (χ3v) is 3.49. The van der Waals surface area contributed by atoms with Crippen LogP contribution in [0.1, 0.15) is 38.1 Å². The van der Waals surface area contributed by atoms with E-state index in [4.69, 9.17) is 5.73 Å². The Morgan fingerprint density at radius 1 is 1.43 bits per heavy atom. The Balaban J connectivity index is 2.17. The standard InChI is InChI=1S/C10H17N3S/c1-14-10-7-9(11)13(12-10)8-5-3-2-4-6-8/h7-8H,2-6,11H2,1H3. The predicted molar refractivity (Wildman–Crippen MR) is 60.5 cm³/mol. The molecule has 1 heterocycles. The van der Waals surface area contributed by atoms with Crippen molar-refractivity contribution in [2.45, 2.75) is 43.2 Å². The summed E-state index contributed by atoms with van der Waals surface area (Å²) >= 11 is 1.66. The summed E-state index contributed by atoms with van der Waals surface area (Å²) in [6.07, 6.45) is 8.51. The van der Waals surface area contributed by atoms with Gasteiger partial charge >= 0.3 is 0 Å². The van der Waals surface area contributed by atoms with Gasteiger partial charge in [-0.3, -0.25) is 0 Å². The van der Waals surface area contributed by atoms with E-state index in [0.29, 0.717) is 6.04 Å². The lowest BCUT2D eigenvalue weighted by atomic mass is 9.96. The number of rotatable bonds is 2. The molecule has 78 valence electrons. The molecule has 3 nitrogen and oxygen atoms in total. The largest absolute Gasteiger partial charge is 0.384 e. The van der Waals surface area contributed by atoms with Gasteiger partial charge in [0.1, 0.15) is 10.8 Å². The molecule has 1 aromatic heterocycles. The van der Waals surface area contributed by atoms with E-state index in [1.807, 2.05) is 17.0 Å². The Morgan fingerprint density at radius 3 is 2.71 bits per heavy atom. The minimum absolute atomic E-state index is 0.546. The zero-order chi connectivity index (χ0) is 9.97. The Bertz CT molecular complexity index is 302. The summed E-state index contributed by atoms with van der Waals surface area (Å²) in [5, 5.41) is 5.54. The number of nitrogens with two attached hydrogens (primary N) is 1. The average molecular weight is 211 g/mol. The smallest absolute Gasteiger partial charge is 0.123 e. The van der Waals surface area contributed by atoms with E-state index in [0.717, 1.165) is 10.8 Å². The second-order valence-corrected chi connectivity index (χ2v) is 4.67. The van der Waals surface area contributed by atoms with Crippen LogP contribution >= 0.6 is 11.8 Å². The summed E-state index contributed by atoms with van der Waals surface area (Å²) in [4.78, 5) is 0. The van der Waals surface area contributed by atoms with Crippen molar-refractivity contribution >= 4 is 17.6 Å². The zero-order valence-corrected chi connectivity index (χ0v) is 9.39. The van der Waals surface area contributed by atoms with Crippen molar-refractivity contribution in [3.05, 3.63) is 6.07 Å². The Labute approximate surface area is 89.1 Å². The van der Waals surface area contributed by atoms with Crippen molar-refractivity contribution in [3.63, 3.8) is 0 Å².